The molecular weight excluding hydrogens is 564 g/mol. The molecular formula is C39H54O6. The van der Waals surface area contributed by atoms with Crippen LogP contribution >= 0.6 is 0 Å². The highest BCUT2D eigenvalue weighted by Crippen LogP contribution is 2.77. The zero-order valence-corrected chi connectivity index (χ0v) is 28.1. The Kier molecular flexibility index (Phi) is 7.70. The van der Waals surface area contributed by atoms with Crippen LogP contribution in [-0.2, 0) is 14.3 Å². The highest BCUT2D eigenvalue weighted by Gasteiger charge is 2.74. The summed E-state index contributed by atoms with van der Waals surface area (Å²) in [6.07, 6.45) is 9.86. The topological polar surface area (TPSA) is 104 Å². The summed E-state index contributed by atoms with van der Waals surface area (Å²) in [5.41, 5.74) is 0.248. The van der Waals surface area contributed by atoms with Crippen molar-refractivity contribution in [1.29, 1.82) is 0 Å². The van der Waals surface area contributed by atoms with E-state index in [9.17, 15) is 24.9 Å². The fourth-order valence-electron chi connectivity index (χ4n) is 12.5. The van der Waals surface area contributed by atoms with Crippen LogP contribution in [0.15, 0.2) is 42.5 Å². The predicted octanol–water partition coefficient (Wildman–Crippen LogP) is 8.03. The van der Waals surface area contributed by atoms with E-state index in [1.807, 2.05) is 0 Å². The molecule has 45 heavy (non-hydrogen) atoms. The lowest BCUT2D eigenvalue weighted by atomic mass is 9.31. The summed E-state index contributed by atoms with van der Waals surface area (Å²) in [4.78, 5) is 26.7. The Bertz CT molecular complexity index is 1390. The second-order valence-corrected chi connectivity index (χ2v) is 16.9. The van der Waals surface area contributed by atoms with Crippen molar-refractivity contribution >= 4 is 18.0 Å². The number of aromatic hydroxyl groups is 1. The van der Waals surface area contributed by atoms with Crippen LogP contribution in [0.3, 0.4) is 0 Å². The molecule has 5 saturated carbocycles. The lowest BCUT2D eigenvalue weighted by Gasteiger charge is -2.73. The Morgan fingerprint density at radius 2 is 1.62 bits per heavy atom. The summed E-state index contributed by atoms with van der Waals surface area (Å²) in [6, 6.07) is 6.72. The molecule has 246 valence electrons. The lowest BCUT2D eigenvalue weighted by Crippen LogP contribution is -2.71. The van der Waals surface area contributed by atoms with Gasteiger partial charge in [-0.2, -0.15) is 0 Å². The molecule has 11 atom stereocenters. The lowest BCUT2D eigenvalue weighted by molar-refractivity contribution is -0.285. The molecule has 0 saturated heterocycles. The number of allylic oxidation sites excluding steroid dienone is 1. The largest absolute Gasteiger partial charge is 0.508 e. The number of carboxylic acids is 1. The molecule has 5 fully saturated rings. The van der Waals surface area contributed by atoms with E-state index in [-0.39, 0.29) is 69.1 Å². The van der Waals surface area contributed by atoms with Crippen LogP contribution in [0.2, 0.25) is 0 Å². The zero-order valence-electron chi connectivity index (χ0n) is 28.1. The van der Waals surface area contributed by atoms with E-state index in [1.54, 1.807) is 30.3 Å². The third kappa shape index (κ3) is 4.51. The van der Waals surface area contributed by atoms with Gasteiger partial charge in [-0.1, -0.05) is 58.9 Å². The van der Waals surface area contributed by atoms with Crippen molar-refractivity contribution in [3.63, 3.8) is 0 Å². The molecule has 0 amide bonds. The van der Waals surface area contributed by atoms with Crippen LogP contribution in [0.1, 0.15) is 105 Å². The first-order valence-corrected chi connectivity index (χ1v) is 17.3. The van der Waals surface area contributed by atoms with Crippen LogP contribution < -0.4 is 0 Å². The Morgan fingerprint density at radius 3 is 2.27 bits per heavy atom. The van der Waals surface area contributed by atoms with Gasteiger partial charge in [-0.25, -0.2) is 4.79 Å². The van der Waals surface area contributed by atoms with Crippen molar-refractivity contribution in [3.05, 3.63) is 48.1 Å². The van der Waals surface area contributed by atoms with Crippen molar-refractivity contribution in [3.8, 4) is 5.75 Å². The van der Waals surface area contributed by atoms with Crippen LogP contribution in [0.25, 0.3) is 6.08 Å². The molecule has 0 radical (unpaired) electrons. The second kappa shape index (κ2) is 10.7. The molecule has 0 bridgehead atoms. The molecule has 0 aliphatic heterocycles. The van der Waals surface area contributed by atoms with Crippen LogP contribution in [-0.4, -0.2) is 39.5 Å². The summed E-state index contributed by atoms with van der Waals surface area (Å²) in [5.74, 6) is 0.0240. The van der Waals surface area contributed by atoms with E-state index < -0.39 is 17.5 Å². The van der Waals surface area contributed by atoms with E-state index in [0.29, 0.717) is 19.3 Å². The molecule has 3 N–H and O–H groups in total. The summed E-state index contributed by atoms with van der Waals surface area (Å²) in [6.45, 7) is 18.1. The zero-order chi connectivity index (χ0) is 32.7. The fourth-order valence-corrected chi connectivity index (χ4v) is 12.5. The van der Waals surface area contributed by atoms with Gasteiger partial charge in [0.2, 0.25) is 0 Å². The number of hydrogen-bond acceptors (Lipinski definition) is 5. The first-order chi connectivity index (χ1) is 21.0. The normalized spacial score (nSPS) is 45.1. The number of phenols is 1. The Labute approximate surface area is 269 Å². The first kappa shape index (κ1) is 32.3. The summed E-state index contributed by atoms with van der Waals surface area (Å²) in [7, 11) is 0. The van der Waals surface area contributed by atoms with Gasteiger partial charge in [0.25, 0.3) is 0 Å². The average Bonchev–Trinajstić information content (AvgIpc) is 3.38. The third-order valence-corrected chi connectivity index (χ3v) is 15.1. The van der Waals surface area contributed by atoms with Gasteiger partial charge in [-0.15, -0.1) is 0 Å². The molecule has 1 aromatic rings. The van der Waals surface area contributed by atoms with E-state index in [1.165, 1.54) is 6.08 Å². The van der Waals surface area contributed by atoms with E-state index in [2.05, 4.69) is 48.1 Å². The first-order valence-electron chi connectivity index (χ1n) is 17.3. The van der Waals surface area contributed by atoms with Gasteiger partial charge in [0.15, 0.2) is 0 Å². The molecule has 0 aromatic heterocycles. The molecule has 6 rings (SSSR count). The Balaban J connectivity index is 1.43. The number of carboxylic acid groups (broad SMARTS) is 1. The number of carbonyl (C=O) groups is 2. The van der Waals surface area contributed by atoms with Crippen LogP contribution in [0.4, 0.5) is 0 Å². The molecule has 6 heteroatoms. The van der Waals surface area contributed by atoms with Crippen LogP contribution in [0.5, 0.6) is 5.75 Å². The maximum absolute atomic E-state index is 13.7. The van der Waals surface area contributed by atoms with Crippen LogP contribution in [0, 0.1) is 56.7 Å². The minimum absolute atomic E-state index is 0.0268. The number of phenolic OH excluding ortho intramolecular Hbond substituents is 1. The summed E-state index contributed by atoms with van der Waals surface area (Å²) >= 11 is 0. The fraction of sp³-hybridized carbons (Fsp3) is 0.692. The summed E-state index contributed by atoms with van der Waals surface area (Å²) < 4.78 is 6.61. The SMILES string of the molecule is C=C(C)[C@H]1CC[C@]2(C(=O)O)CC[C@]3(C)[C@@H](CC[C@H]4[C@]5(C)CC[C@H](O)C(C)(C)[C@H]5C[C@@H](OC(=O)/C=C\c5ccc(O)cc5)[C@]43C)[C@@H]12. The van der Waals surface area contributed by atoms with Crippen molar-refractivity contribution in [1.82, 2.24) is 0 Å². The van der Waals surface area contributed by atoms with Crippen molar-refractivity contribution < 1.29 is 29.6 Å². The second-order valence-electron chi connectivity index (χ2n) is 16.9. The van der Waals surface area contributed by atoms with Gasteiger partial charge in [-0.3, -0.25) is 4.79 Å². The predicted molar refractivity (Wildman–Crippen MR) is 175 cm³/mol. The van der Waals surface area contributed by atoms with Crippen molar-refractivity contribution in [2.45, 2.75) is 112 Å². The highest BCUT2D eigenvalue weighted by molar-refractivity contribution is 5.87. The quantitative estimate of drug-likeness (QED) is 0.175. The van der Waals surface area contributed by atoms with Gasteiger partial charge >= 0.3 is 11.9 Å². The van der Waals surface area contributed by atoms with E-state index in [0.717, 1.165) is 49.7 Å². The molecule has 1 aromatic carbocycles. The summed E-state index contributed by atoms with van der Waals surface area (Å²) in [5, 5.41) is 31.7. The number of benzene rings is 1. The highest BCUT2D eigenvalue weighted by atomic mass is 16.5. The third-order valence-electron chi connectivity index (χ3n) is 15.1. The number of ether oxygens (including phenoxy) is 1. The van der Waals surface area contributed by atoms with E-state index in [4.69, 9.17) is 4.74 Å². The molecule has 0 heterocycles. The number of hydrogen-bond donors (Lipinski definition) is 3. The van der Waals surface area contributed by atoms with E-state index >= 15 is 0 Å². The molecule has 5 aliphatic carbocycles. The maximum Gasteiger partial charge on any atom is 0.331 e. The molecule has 0 unspecified atom stereocenters. The van der Waals surface area contributed by atoms with Gasteiger partial charge in [0, 0.05) is 11.5 Å². The number of aliphatic hydroxyl groups excluding tert-OH is 1. The van der Waals surface area contributed by atoms with Crippen molar-refractivity contribution in [2.24, 2.45) is 56.7 Å². The van der Waals surface area contributed by atoms with Gasteiger partial charge in [0.1, 0.15) is 11.9 Å². The Hall–Kier alpha value is -2.60. The minimum atomic E-state index is -0.714. The van der Waals surface area contributed by atoms with Gasteiger partial charge in [-0.05, 0) is 134 Å². The number of esters is 1. The smallest absolute Gasteiger partial charge is 0.331 e. The number of aliphatic carboxylic acids is 1. The average molecular weight is 619 g/mol. The maximum atomic E-state index is 13.7. The molecule has 0 spiro atoms. The standard InChI is InChI=1S/C39H54O6/c1-23(2)26-16-19-39(34(43)44)21-20-37(6)27(33(26)39)13-14-28-36(5)18-17-30(41)35(3,4)29(36)22-31(38(28,37)7)45-32(42)15-10-24-8-11-25(40)12-9-24/h8-12,15,26-31,33,40-41H,1,13-14,16-22H2,2-7H3,(H,43,44)/b15-10-/t26-,27+,28+,29-,30+,31-,33-,36+,37-,38+,39+/m1/s1. The number of fused-ring (bicyclic) bond motifs is 7. The number of carbonyl (C=O) groups excluding carboxylic acids is 1. The number of rotatable bonds is 5. The molecule has 5 aliphatic rings. The van der Waals surface area contributed by atoms with Gasteiger partial charge < -0.3 is 20.1 Å². The van der Waals surface area contributed by atoms with Crippen molar-refractivity contribution in [2.75, 3.05) is 0 Å². The Morgan fingerprint density at radius 1 is 0.933 bits per heavy atom. The minimum Gasteiger partial charge on any atom is -0.508 e. The van der Waals surface area contributed by atoms with Gasteiger partial charge in [0.05, 0.1) is 11.5 Å². The monoisotopic (exact) mass is 618 g/mol. The molecule has 6 nitrogen and oxygen atoms in total. The number of aliphatic hydroxyl groups is 1.